The SMILES string of the molecule is CCn1ncnc1CC(O)c1cc(F)cc(C(F)(F)F)c1. The van der Waals surface area contributed by atoms with Gasteiger partial charge in [0.15, 0.2) is 0 Å². The summed E-state index contributed by atoms with van der Waals surface area (Å²) in [5, 5.41) is 13.9. The van der Waals surface area contributed by atoms with E-state index < -0.39 is 23.7 Å². The van der Waals surface area contributed by atoms with Gasteiger partial charge in [0.2, 0.25) is 0 Å². The quantitative estimate of drug-likeness (QED) is 0.884. The van der Waals surface area contributed by atoms with Crippen molar-refractivity contribution >= 4 is 0 Å². The molecule has 8 heteroatoms. The van der Waals surface area contributed by atoms with Gasteiger partial charge in [0.05, 0.1) is 11.7 Å². The Morgan fingerprint density at radius 2 is 2.00 bits per heavy atom. The lowest BCUT2D eigenvalue weighted by molar-refractivity contribution is -0.137. The molecule has 0 fully saturated rings. The molecule has 0 spiro atoms. The zero-order valence-corrected chi connectivity index (χ0v) is 11.1. The van der Waals surface area contributed by atoms with Crippen molar-refractivity contribution in [2.75, 3.05) is 0 Å². The molecule has 114 valence electrons. The van der Waals surface area contributed by atoms with Crippen LogP contribution in [0.3, 0.4) is 0 Å². The van der Waals surface area contributed by atoms with Crippen LogP contribution in [-0.2, 0) is 19.1 Å². The largest absolute Gasteiger partial charge is 0.416 e. The van der Waals surface area contributed by atoms with Crippen LogP contribution in [0.4, 0.5) is 17.6 Å². The molecule has 0 bridgehead atoms. The highest BCUT2D eigenvalue weighted by molar-refractivity contribution is 5.28. The van der Waals surface area contributed by atoms with Gasteiger partial charge in [0, 0.05) is 13.0 Å². The van der Waals surface area contributed by atoms with E-state index in [1.165, 1.54) is 11.0 Å². The van der Waals surface area contributed by atoms with Gasteiger partial charge in [-0.25, -0.2) is 9.37 Å². The zero-order chi connectivity index (χ0) is 15.6. The lowest BCUT2D eigenvalue weighted by atomic mass is 10.0. The first-order valence-electron chi connectivity index (χ1n) is 6.23. The summed E-state index contributed by atoms with van der Waals surface area (Å²) in [6, 6.07) is 2.01. The Hall–Kier alpha value is -1.96. The maximum Gasteiger partial charge on any atom is 0.416 e. The number of aryl methyl sites for hydroxylation is 1. The third-order valence-electron chi connectivity index (χ3n) is 3.00. The van der Waals surface area contributed by atoms with Crippen molar-refractivity contribution in [2.24, 2.45) is 0 Å². The fourth-order valence-electron chi connectivity index (χ4n) is 1.97. The number of halogens is 4. The summed E-state index contributed by atoms with van der Waals surface area (Å²) in [5.41, 5.74) is -1.28. The molecule has 1 N–H and O–H groups in total. The van der Waals surface area contributed by atoms with E-state index in [0.29, 0.717) is 18.4 Å². The van der Waals surface area contributed by atoms with Crippen molar-refractivity contribution in [1.29, 1.82) is 0 Å². The number of rotatable bonds is 4. The van der Waals surface area contributed by atoms with Crippen LogP contribution in [0.5, 0.6) is 0 Å². The summed E-state index contributed by atoms with van der Waals surface area (Å²) < 4.78 is 52.7. The molecule has 2 rings (SSSR count). The van der Waals surface area contributed by atoms with Crippen molar-refractivity contribution < 1.29 is 22.7 Å². The van der Waals surface area contributed by atoms with Crippen LogP contribution in [-0.4, -0.2) is 19.9 Å². The van der Waals surface area contributed by atoms with E-state index in [-0.39, 0.29) is 12.0 Å². The zero-order valence-electron chi connectivity index (χ0n) is 11.1. The fraction of sp³-hybridized carbons (Fsp3) is 0.385. The van der Waals surface area contributed by atoms with Gasteiger partial charge in [-0.3, -0.25) is 4.68 Å². The van der Waals surface area contributed by atoms with E-state index in [0.717, 1.165) is 12.1 Å². The molecule has 0 radical (unpaired) electrons. The summed E-state index contributed by atoms with van der Waals surface area (Å²) in [6.07, 6.45) is -4.72. The molecule has 0 saturated carbocycles. The van der Waals surface area contributed by atoms with Crippen LogP contribution >= 0.6 is 0 Å². The summed E-state index contributed by atoms with van der Waals surface area (Å²) >= 11 is 0. The monoisotopic (exact) mass is 303 g/mol. The Kier molecular flexibility index (Phi) is 4.26. The Bertz CT molecular complexity index is 624. The van der Waals surface area contributed by atoms with E-state index in [2.05, 4.69) is 10.1 Å². The van der Waals surface area contributed by atoms with Crippen molar-refractivity contribution in [2.45, 2.75) is 32.2 Å². The second kappa shape index (κ2) is 5.80. The number of hydrogen-bond donors (Lipinski definition) is 1. The summed E-state index contributed by atoms with van der Waals surface area (Å²) in [4.78, 5) is 3.92. The Morgan fingerprint density at radius 1 is 1.29 bits per heavy atom. The summed E-state index contributed by atoms with van der Waals surface area (Å²) in [6.45, 7) is 2.33. The highest BCUT2D eigenvalue weighted by Gasteiger charge is 2.32. The van der Waals surface area contributed by atoms with Crippen molar-refractivity contribution in [1.82, 2.24) is 14.8 Å². The van der Waals surface area contributed by atoms with Gasteiger partial charge in [0.1, 0.15) is 18.0 Å². The van der Waals surface area contributed by atoms with Gasteiger partial charge in [-0.05, 0) is 30.7 Å². The molecule has 1 atom stereocenters. The van der Waals surface area contributed by atoms with Crippen LogP contribution in [0.1, 0.15) is 30.0 Å². The number of aliphatic hydroxyl groups excluding tert-OH is 1. The molecular weight excluding hydrogens is 290 g/mol. The maximum absolute atomic E-state index is 13.3. The topological polar surface area (TPSA) is 50.9 Å². The minimum absolute atomic E-state index is 0.0470. The molecule has 0 amide bonds. The van der Waals surface area contributed by atoms with E-state index in [1.807, 2.05) is 6.92 Å². The first-order chi connectivity index (χ1) is 9.81. The number of aromatic nitrogens is 3. The van der Waals surface area contributed by atoms with Crippen LogP contribution in [0.25, 0.3) is 0 Å². The molecular formula is C13H13F4N3O. The number of alkyl halides is 3. The number of nitrogens with zero attached hydrogens (tertiary/aromatic N) is 3. The van der Waals surface area contributed by atoms with E-state index in [4.69, 9.17) is 0 Å². The highest BCUT2D eigenvalue weighted by atomic mass is 19.4. The van der Waals surface area contributed by atoms with E-state index in [9.17, 15) is 22.7 Å². The molecule has 1 aromatic carbocycles. The average molecular weight is 303 g/mol. The van der Waals surface area contributed by atoms with Gasteiger partial charge in [-0.15, -0.1) is 0 Å². The molecule has 0 aliphatic carbocycles. The van der Waals surface area contributed by atoms with Crippen LogP contribution < -0.4 is 0 Å². The highest BCUT2D eigenvalue weighted by Crippen LogP contribution is 2.32. The van der Waals surface area contributed by atoms with Crippen molar-refractivity contribution in [3.63, 3.8) is 0 Å². The smallest absolute Gasteiger partial charge is 0.388 e. The normalized spacial score (nSPS) is 13.4. The molecule has 1 heterocycles. The predicted octanol–water partition coefficient (Wildman–Crippen LogP) is 2.73. The predicted molar refractivity (Wildman–Crippen MR) is 65.8 cm³/mol. The third-order valence-corrected chi connectivity index (χ3v) is 3.00. The fourth-order valence-corrected chi connectivity index (χ4v) is 1.97. The lowest BCUT2D eigenvalue weighted by Crippen LogP contribution is -2.12. The minimum atomic E-state index is -4.67. The van der Waals surface area contributed by atoms with Crippen molar-refractivity contribution in [3.8, 4) is 0 Å². The number of hydrogen-bond acceptors (Lipinski definition) is 3. The first-order valence-corrected chi connectivity index (χ1v) is 6.23. The molecule has 1 unspecified atom stereocenters. The molecule has 1 aromatic heterocycles. The second-order valence-corrected chi connectivity index (χ2v) is 4.48. The Labute approximate surface area is 118 Å². The van der Waals surface area contributed by atoms with E-state index >= 15 is 0 Å². The first kappa shape index (κ1) is 15.4. The van der Waals surface area contributed by atoms with Gasteiger partial charge < -0.3 is 5.11 Å². The standard InChI is InChI=1S/C13H13F4N3O/c1-2-20-12(18-7-19-20)6-11(21)8-3-9(13(15,16)17)5-10(14)4-8/h3-5,7,11,21H,2,6H2,1H3. The third kappa shape index (κ3) is 3.57. The van der Waals surface area contributed by atoms with Gasteiger partial charge in [-0.1, -0.05) is 0 Å². The van der Waals surface area contributed by atoms with Crippen LogP contribution in [0.2, 0.25) is 0 Å². The summed E-state index contributed by atoms with van der Waals surface area (Å²) in [7, 11) is 0. The van der Waals surface area contributed by atoms with Crippen LogP contribution in [0.15, 0.2) is 24.5 Å². The van der Waals surface area contributed by atoms with E-state index in [1.54, 1.807) is 0 Å². The van der Waals surface area contributed by atoms with Crippen molar-refractivity contribution in [3.05, 3.63) is 47.3 Å². The molecule has 0 saturated heterocycles. The Balaban J connectivity index is 2.27. The van der Waals surface area contributed by atoms with Gasteiger partial charge in [-0.2, -0.15) is 18.3 Å². The maximum atomic E-state index is 13.3. The minimum Gasteiger partial charge on any atom is -0.388 e. The number of aliphatic hydroxyl groups is 1. The molecule has 4 nitrogen and oxygen atoms in total. The lowest BCUT2D eigenvalue weighted by Gasteiger charge is -2.14. The second-order valence-electron chi connectivity index (χ2n) is 4.48. The molecule has 0 aliphatic heterocycles. The average Bonchev–Trinajstić information content (AvgIpc) is 2.84. The number of benzene rings is 1. The molecule has 0 aliphatic rings. The van der Waals surface area contributed by atoms with Gasteiger partial charge in [0.25, 0.3) is 0 Å². The summed E-state index contributed by atoms with van der Waals surface area (Å²) in [5.74, 6) is -0.626. The Morgan fingerprint density at radius 3 is 2.62 bits per heavy atom. The molecule has 21 heavy (non-hydrogen) atoms. The van der Waals surface area contributed by atoms with Gasteiger partial charge >= 0.3 is 6.18 Å². The molecule has 2 aromatic rings. The van der Waals surface area contributed by atoms with Crippen LogP contribution in [0, 0.1) is 5.82 Å².